The Morgan fingerprint density at radius 2 is 1.27 bits per heavy atom. The molecule has 1 aromatic heterocycles. The van der Waals surface area contributed by atoms with Crippen LogP contribution in [0.1, 0.15) is 45.6 Å². The van der Waals surface area contributed by atoms with Crippen LogP contribution in [0.5, 0.6) is 0 Å². The molecular formula is C50H40N2. The quantitative estimate of drug-likeness (QED) is 0.155. The van der Waals surface area contributed by atoms with E-state index >= 15 is 0 Å². The van der Waals surface area contributed by atoms with E-state index in [1.165, 1.54) is 87.3 Å². The van der Waals surface area contributed by atoms with E-state index in [1.807, 2.05) is 0 Å². The topological polar surface area (TPSA) is 17.3 Å². The zero-order valence-electron chi connectivity index (χ0n) is 30.1. The van der Waals surface area contributed by atoms with Crippen LogP contribution in [-0.2, 0) is 0 Å². The average Bonchev–Trinajstić information content (AvgIpc) is 3.60. The second-order valence-corrected chi connectivity index (χ2v) is 16.0. The Bertz CT molecular complexity index is 3000. The van der Waals surface area contributed by atoms with E-state index in [4.69, 9.17) is 4.99 Å². The first-order valence-corrected chi connectivity index (χ1v) is 18.9. The first kappa shape index (κ1) is 29.9. The van der Waals surface area contributed by atoms with Crippen molar-refractivity contribution in [1.82, 2.24) is 4.57 Å². The summed E-state index contributed by atoms with van der Waals surface area (Å²) in [5.74, 6) is 1.87. The van der Waals surface area contributed by atoms with E-state index < -0.39 is 0 Å². The van der Waals surface area contributed by atoms with Crippen LogP contribution in [-0.4, -0.2) is 10.4 Å². The third-order valence-corrected chi connectivity index (χ3v) is 12.7. The highest BCUT2D eigenvalue weighted by Gasteiger charge is 2.49. The van der Waals surface area contributed by atoms with Gasteiger partial charge in [-0.3, -0.25) is 4.57 Å². The molecule has 3 aliphatic rings. The molecule has 0 saturated heterocycles. The summed E-state index contributed by atoms with van der Waals surface area (Å²) in [6, 6.07) is 47.6. The van der Waals surface area contributed by atoms with Gasteiger partial charge in [0.25, 0.3) is 0 Å². The SMILES string of the molecule is CC1C=CC2=C(C1)C(C)(C)C1=C2N=C(n2c3cc4ccccc4cc3c3c4ccccc4ccc32)[C@@H](C)C1c1cc2ccccc2c2ccccc12. The summed E-state index contributed by atoms with van der Waals surface area (Å²) in [6.45, 7) is 9.74. The van der Waals surface area contributed by atoms with E-state index in [1.54, 1.807) is 5.57 Å². The molecule has 52 heavy (non-hydrogen) atoms. The number of hydrogen-bond acceptors (Lipinski definition) is 1. The molecule has 7 aromatic carbocycles. The van der Waals surface area contributed by atoms with Crippen molar-refractivity contribution in [2.24, 2.45) is 22.2 Å². The molecule has 2 heteroatoms. The van der Waals surface area contributed by atoms with Gasteiger partial charge in [-0.25, -0.2) is 4.99 Å². The Labute approximate surface area is 304 Å². The number of rotatable bonds is 1. The summed E-state index contributed by atoms with van der Waals surface area (Å²) in [5, 5.41) is 12.9. The summed E-state index contributed by atoms with van der Waals surface area (Å²) in [7, 11) is 0. The molecule has 0 bridgehead atoms. The molecule has 8 aromatic rings. The standard InChI is InChI=1S/C50H40N2/c1-29-21-23-39-42(25-29)50(3,4)47-45(40-27-34-16-8-9-17-35(34)37-19-11-12-20-38(37)40)30(2)49(51-48(39)47)52-43-24-22-31-13-7-10-18-36(31)46(43)41-26-32-14-5-6-15-33(32)28-44(41)52/h5-24,26-30,45H,25H2,1-4H3/t29?,30-,45?/m0/s1. The fraction of sp³-hybridized carbons (Fsp3) is 0.180. The molecule has 250 valence electrons. The van der Waals surface area contributed by atoms with Crippen LogP contribution in [0.4, 0.5) is 0 Å². The van der Waals surface area contributed by atoms with E-state index in [2.05, 4.69) is 172 Å². The van der Waals surface area contributed by atoms with Crippen molar-refractivity contribution in [3.05, 3.63) is 168 Å². The first-order valence-electron chi connectivity index (χ1n) is 18.9. The minimum absolute atomic E-state index is 0.0992. The molecular weight excluding hydrogens is 629 g/mol. The molecule has 0 amide bonds. The maximum atomic E-state index is 5.90. The van der Waals surface area contributed by atoms with Crippen molar-refractivity contribution < 1.29 is 0 Å². The number of aromatic nitrogens is 1. The lowest BCUT2D eigenvalue weighted by Crippen LogP contribution is -2.34. The minimum atomic E-state index is -0.113. The fourth-order valence-corrected chi connectivity index (χ4v) is 10.3. The van der Waals surface area contributed by atoms with Gasteiger partial charge in [0.05, 0.1) is 16.7 Å². The number of benzene rings is 7. The molecule has 3 atom stereocenters. The number of fused-ring (bicyclic) bond motifs is 10. The van der Waals surface area contributed by atoms with Crippen molar-refractivity contribution in [2.45, 2.75) is 40.0 Å². The minimum Gasteiger partial charge on any atom is -0.297 e. The molecule has 0 fully saturated rings. The van der Waals surface area contributed by atoms with Crippen molar-refractivity contribution in [2.75, 3.05) is 0 Å². The molecule has 2 nitrogen and oxygen atoms in total. The second kappa shape index (κ2) is 10.7. The van der Waals surface area contributed by atoms with Gasteiger partial charge in [-0.15, -0.1) is 0 Å². The van der Waals surface area contributed by atoms with Crippen LogP contribution in [0, 0.1) is 17.3 Å². The Kier molecular flexibility index (Phi) is 6.13. The monoisotopic (exact) mass is 668 g/mol. The largest absolute Gasteiger partial charge is 0.297 e. The third kappa shape index (κ3) is 3.98. The third-order valence-electron chi connectivity index (χ3n) is 12.7. The zero-order valence-corrected chi connectivity index (χ0v) is 30.1. The molecule has 2 heterocycles. The average molecular weight is 669 g/mol. The molecule has 11 rings (SSSR count). The molecule has 0 saturated carbocycles. The second-order valence-electron chi connectivity index (χ2n) is 16.0. The first-order chi connectivity index (χ1) is 25.4. The van der Waals surface area contributed by atoms with Crippen LogP contribution in [0.3, 0.4) is 0 Å². The van der Waals surface area contributed by atoms with Crippen molar-refractivity contribution in [1.29, 1.82) is 0 Å². The van der Waals surface area contributed by atoms with Crippen LogP contribution in [0.15, 0.2) is 167 Å². The lowest BCUT2D eigenvalue weighted by atomic mass is 9.66. The molecule has 0 spiro atoms. The van der Waals surface area contributed by atoms with Gasteiger partial charge in [-0.05, 0) is 96.4 Å². The van der Waals surface area contributed by atoms with Gasteiger partial charge in [0.2, 0.25) is 0 Å². The van der Waals surface area contributed by atoms with Gasteiger partial charge in [0.1, 0.15) is 5.84 Å². The maximum absolute atomic E-state index is 5.90. The van der Waals surface area contributed by atoms with Gasteiger partial charge < -0.3 is 0 Å². The van der Waals surface area contributed by atoms with Crippen molar-refractivity contribution in [3.8, 4) is 0 Å². The lowest BCUT2D eigenvalue weighted by molar-refractivity contribution is 0.441. The van der Waals surface area contributed by atoms with E-state index in [-0.39, 0.29) is 17.3 Å². The Morgan fingerprint density at radius 3 is 2.06 bits per heavy atom. The van der Waals surface area contributed by atoms with Gasteiger partial charge >= 0.3 is 0 Å². The van der Waals surface area contributed by atoms with Gasteiger partial charge in [0.15, 0.2) is 0 Å². The molecule has 0 radical (unpaired) electrons. The summed E-state index contributed by atoms with van der Waals surface area (Å²) < 4.78 is 2.54. The van der Waals surface area contributed by atoms with Crippen LogP contribution in [0.2, 0.25) is 0 Å². The fourth-order valence-electron chi connectivity index (χ4n) is 10.3. The zero-order chi connectivity index (χ0) is 34.9. The highest BCUT2D eigenvalue weighted by molar-refractivity contribution is 6.26. The van der Waals surface area contributed by atoms with Crippen molar-refractivity contribution in [3.63, 3.8) is 0 Å². The van der Waals surface area contributed by atoms with E-state index in [0.717, 1.165) is 12.3 Å². The number of aliphatic imine (C=N–C) groups is 1. The summed E-state index contributed by atoms with van der Waals surface area (Å²) in [4.78, 5) is 5.90. The summed E-state index contributed by atoms with van der Waals surface area (Å²) >= 11 is 0. The Hall–Kier alpha value is -5.73. The molecule has 2 aliphatic carbocycles. The smallest absolute Gasteiger partial charge is 0.118 e. The number of allylic oxidation sites excluding steroid dienone is 4. The van der Waals surface area contributed by atoms with Crippen LogP contribution >= 0.6 is 0 Å². The lowest BCUT2D eigenvalue weighted by Gasteiger charge is -2.39. The molecule has 1 aliphatic heterocycles. The van der Waals surface area contributed by atoms with Gasteiger partial charge in [0, 0.05) is 28.0 Å². The predicted molar refractivity (Wildman–Crippen MR) is 221 cm³/mol. The van der Waals surface area contributed by atoms with Crippen LogP contribution in [0.25, 0.3) is 64.9 Å². The Morgan fingerprint density at radius 1 is 0.615 bits per heavy atom. The normalized spacial score (nSPS) is 21.2. The number of hydrogen-bond donors (Lipinski definition) is 0. The highest BCUT2D eigenvalue weighted by Crippen LogP contribution is 2.60. The predicted octanol–water partition coefficient (Wildman–Crippen LogP) is 13.3. The number of nitrogens with zero attached hydrogens (tertiary/aromatic N) is 2. The molecule has 0 N–H and O–H groups in total. The van der Waals surface area contributed by atoms with E-state index in [0.29, 0.717) is 5.92 Å². The van der Waals surface area contributed by atoms with Crippen LogP contribution < -0.4 is 0 Å². The van der Waals surface area contributed by atoms with Gasteiger partial charge in [-0.1, -0.05) is 149 Å². The molecule has 2 unspecified atom stereocenters. The summed E-state index contributed by atoms with van der Waals surface area (Å²) in [6.07, 6.45) is 5.87. The van der Waals surface area contributed by atoms with Gasteiger partial charge in [-0.2, -0.15) is 0 Å². The Balaban J connectivity index is 1.27. The summed E-state index contributed by atoms with van der Waals surface area (Å²) in [5.41, 5.74) is 9.29. The van der Waals surface area contributed by atoms with E-state index in [9.17, 15) is 0 Å². The maximum Gasteiger partial charge on any atom is 0.118 e. The highest BCUT2D eigenvalue weighted by atomic mass is 15.1. The van der Waals surface area contributed by atoms with Crippen molar-refractivity contribution >= 4 is 70.7 Å².